The van der Waals surface area contributed by atoms with Gasteiger partial charge in [-0.25, -0.2) is 9.78 Å². The molecule has 0 aliphatic heterocycles. The Bertz CT molecular complexity index is 992. The quantitative estimate of drug-likeness (QED) is 0.407. The summed E-state index contributed by atoms with van der Waals surface area (Å²) in [5.41, 5.74) is 3.61. The zero-order chi connectivity index (χ0) is 25.5. The van der Waals surface area contributed by atoms with Gasteiger partial charge >= 0.3 is 5.97 Å². The van der Waals surface area contributed by atoms with E-state index in [1.807, 2.05) is 25.1 Å². The van der Waals surface area contributed by atoms with Gasteiger partial charge in [0.2, 0.25) is 11.8 Å². The number of carbonyl (C=O) groups excluding carboxylic acids is 2. The van der Waals surface area contributed by atoms with E-state index in [0.717, 1.165) is 36.0 Å². The van der Waals surface area contributed by atoms with Crippen LogP contribution in [0.4, 0.5) is 5.69 Å². The summed E-state index contributed by atoms with van der Waals surface area (Å²) in [6, 6.07) is 7.57. The molecule has 1 atom stereocenters. The van der Waals surface area contributed by atoms with Gasteiger partial charge in [0, 0.05) is 23.9 Å². The highest BCUT2D eigenvalue weighted by Crippen LogP contribution is 2.35. The number of aryl methyl sites for hydroxylation is 1. The lowest BCUT2D eigenvalue weighted by molar-refractivity contribution is -0.116. The van der Waals surface area contributed by atoms with Crippen LogP contribution in [-0.2, 0) is 14.9 Å². The number of hydrogen-bond acceptors (Lipinski definition) is 5. The van der Waals surface area contributed by atoms with Crippen LogP contribution in [0, 0.1) is 12.8 Å². The first kappa shape index (κ1) is 27.4. The summed E-state index contributed by atoms with van der Waals surface area (Å²) in [6.45, 7) is 12.6. The highest BCUT2D eigenvalue weighted by molar-refractivity contribution is 5.96. The Morgan fingerprint density at radius 1 is 1.12 bits per heavy atom. The highest BCUT2D eigenvalue weighted by atomic mass is 16.5. The Labute approximate surface area is 204 Å². The van der Waals surface area contributed by atoms with Gasteiger partial charge in [-0.1, -0.05) is 59.6 Å². The van der Waals surface area contributed by atoms with Crippen LogP contribution in [0.15, 0.2) is 30.5 Å². The van der Waals surface area contributed by atoms with Gasteiger partial charge in [-0.05, 0) is 53.9 Å². The van der Waals surface area contributed by atoms with E-state index in [-0.39, 0.29) is 17.2 Å². The molecule has 0 spiro atoms. The maximum atomic E-state index is 13.3. The zero-order valence-electron chi connectivity index (χ0n) is 22.0. The van der Waals surface area contributed by atoms with Crippen LogP contribution in [0.25, 0.3) is 0 Å². The van der Waals surface area contributed by atoms with E-state index >= 15 is 0 Å². The van der Waals surface area contributed by atoms with E-state index in [9.17, 15) is 9.59 Å². The normalized spacial score (nSPS) is 12.4. The Balaban J connectivity index is 2.36. The predicted octanol–water partition coefficient (Wildman–Crippen LogP) is 6.42. The number of amides is 1. The molecule has 1 aromatic heterocycles. The molecule has 6 heteroatoms. The van der Waals surface area contributed by atoms with E-state index < -0.39 is 5.97 Å². The Kier molecular flexibility index (Phi) is 9.66. The van der Waals surface area contributed by atoms with Gasteiger partial charge in [-0.2, -0.15) is 0 Å². The lowest BCUT2D eigenvalue weighted by Crippen LogP contribution is -2.22. The van der Waals surface area contributed by atoms with Crippen molar-refractivity contribution < 1.29 is 19.1 Å². The third-order valence-electron chi connectivity index (χ3n) is 6.05. The molecule has 0 fully saturated rings. The lowest BCUT2D eigenvalue weighted by atomic mass is 9.83. The molecule has 1 heterocycles. The highest BCUT2D eigenvalue weighted by Gasteiger charge is 2.25. The number of esters is 1. The van der Waals surface area contributed by atoms with Crippen LogP contribution in [0.5, 0.6) is 5.88 Å². The number of pyridine rings is 1. The van der Waals surface area contributed by atoms with Gasteiger partial charge in [0.25, 0.3) is 0 Å². The van der Waals surface area contributed by atoms with Crippen molar-refractivity contribution >= 4 is 17.6 Å². The molecule has 0 radical (unpaired) electrons. The van der Waals surface area contributed by atoms with E-state index in [2.05, 4.69) is 44.9 Å². The van der Waals surface area contributed by atoms with Crippen molar-refractivity contribution in [1.29, 1.82) is 0 Å². The number of ether oxygens (including phenoxy) is 2. The summed E-state index contributed by atoms with van der Waals surface area (Å²) < 4.78 is 10.4. The van der Waals surface area contributed by atoms with Gasteiger partial charge in [0.15, 0.2) is 0 Å². The largest absolute Gasteiger partial charge is 0.481 e. The van der Waals surface area contributed by atoms with E-state index in [0.29, 0.717) is 29.5 Å². The third kappa shape index (κ3) is 7.31. The molecule has 0 saturated carbocycles. The average Bonchev–Trinajstić information content (AvgIpc) is 2.77. The van der Waals surface area contributed by atoms with Crippen LogP contribution in [0.3, 0.4) is 0 Å². The van der Waals surface area contributed by atoms with Gasteiger partial charge in [0.05, 0.1) is 19.8 Å². The summed E-state index contributed by atoms with van der Waals surface area (Å²) in [5, 5.41) is 3.09. The number of nitrogens with zero attached hydrogens (tertiary/aromatic N) is 1. The van der Waals surface area contributed by atoms with Crippen LogP contribution in [-0.4, -0.2) is 31.1 Å². The van der Waals surface area contributed by atoms with Crippen molar-refractivity contribution in [2.75, 3.05) is 19.5 Å². The van der Waals surface area contributed by atoms with Crippen molar-refractivity contribution in [2.45, 2.75) is 78.6 Å². The number of anilines is 1. The van der Waals surface area contributed by atoms with Crippen molar-refractivity contribution in [1.82, 2.24) is 4.98 Å². The molecule has 1 N–H and O–H groups in total. The summed E-state index contributed by atoms with van der Waals surface area (Å²) >= 11 is 0. The molecule has 1 aromatic carbocycles. The monoisotopic (exact) mass is 468 g/mol. The molecule has 1 unspecified atom stereocenters. The number of benzene rings is 1. The smallest absolute Gasteiger partial charge is 0.338 e. The van der Waals surface area contributed by atoms with E-state index in [4.69, 9.17) is 9.47 Å². The molecule has 2 rings (SSSR count). The molecule has 0 aliphatic rings. The summed E-state index contributed by atoms with van der Waals surface area (Å²) in [7, 11) is 2.97. The molecule has 0 bridgehead atoms. The second-order valence-corrected chi connectivity index (χ2v) is 10.3. The Hall–Kier alpha value is -2.89. The van der Waals surface area contributed by atoms with Crippen molar-refractivity contribution in [2.24, 2.45) is 5.92 Å². The molecule has 1 amide bonds. The van der Waals surface area contributed by atoms with Gasteiger partial charge in [-0.15, -0.1) is 0 Å². The fourth-order valence-corrected chi connectivity index (χ4v) is 4.21. The number of methoxy groups -OCH3 is 2. The first-order valence-electron chi connectivity index (χ1n) is 12.0. The number of rotatable bonds is 10. The first-order valence-corrected chi connectivity index (χ1v) is 12.0. The molecule has 2 aromatic rings. The number of carbonyl (C=O) groups is 2. The molecular weight excluding hydrogens is 428 g/mol. The van der Waals surface area contributed by atoms with Gasteiger partial charge < -0.3 is 14.8 Å². The second-order valence-electron chi connectivity index (χ2n) is 10.3. The summed E-state index contributed by atoms with van der Waals surface area (Å²) in [4.78, 5) is 29.9. The van der Waals surface area contributed by atoms with Crippen molar-refractivity contribution in [3.8, 4) is 5.88 Å². The topological polar surface area (TPSA) is 77.5 Å². The number of hydrogen-bond donors (Lipinski definition) is 1. The van der Waals surface area contributed by atoms with Gasteiger partial charge in [0.1, 0.15) is 0 Å². The fourth-order valence-electron chi connectivity index (χ4n) is 4.21. The van der Waals surface area contributed by atoms with Crippen molar-refractivity contribution in [3.63, 3.8) is 0 Å². The van der Waals surface area contributed by atoms with E-state index in [1.165, 1.54) is 7.11 Å². The third-order valence-corrected chi connectivity index (χ3v) is 6.05. The summed E-state index contributed by atoms with van der Waals surface area (Å²) in [5.74, 6) is 0.615. The minimum Gasteiger partial charge on any atom is -0.481 e. The average molecular weight is 469 g/mol. The number of nitrogens with one attached hydrogen (secondary N) is 1. The minimum absolute atomic E-state index is 0.0222. The SMILES string of the molecule is COC(=O)c1cc(NC(=O)CC(CCCC(C)C)c2cccnc2OC)c(C(C)(C)C)cc1C. The first-order chi connectivity index (χ1) is 16.0. The second kappa shape index (κ2) is 12.0. The molecule has 186 valence electrons. The van der Waals surface area contributed by atoms with Crippen LogP contribution in [0.1, 0.15) is 93.3 Å². The van der Waals surface area contributed by atoms with Crippen LogP contribution < -0.4 is 10.1 Å². The predicted molar refractivity (Wildman–Crippen MR) is 137 cm³/mol. The number of aromatic nitrogens is 1. The standard InChI is InChI=1S/C28H40N2O4/c1-18(2)11-9-12-20(21-13-10-14-29-26(21)33-7)16-25(31)30-24-17-22(27(32)34-8)19(3)15-23(24)28(4,5)6/h10,13-15,17-18,20H,9,11-12,16H2,1-8H3,(H,30,31). The Morgan fingerprint density at radius 2 is 1.82 bits per heavy atom. The summed E-state index contributed by atoms with van der Waals surface area (Å²) in [6.07, 6.45) is 4.96. The maximum Gasteiger partial charge on any atom is 0.338 e. The zero-order valence-corrected chi connectivity index (χ0v) is 22.0. The molecular formula is C28H40N2O4. The molecule has 34 heavy (non-hydrogen) atoms. The Morgan fingerprint density at radius 3 is 2.41 bits per heavy atom. The molecule has 6 nitrogen and oxygen atoms in total. The van der Waals surface area contributed by atoms with Crippen LogP contribution in [0.2, 0.25) is 0 Å². The van der Waals surface area contributed by atoms with Gasteiger partial charge in [-0.3, -0.25) is 4.79 Å². The maximum absolute atomic E-state index is 13.3. The fraction of sp³-hybridized carbons (Fsp3) is 0.536. The van der Waals surface area contributed by atoms with Crippen LogP contribution >= 0.6 is 0 Å². The van der Waals surface area contributed by atoms with E-state index in [1.54, 1.807) is 19.4 Å². The lowest BCUT2D eigenvalue weighted by Gasteiger charge is -2.25. The minimum atomic E-state index is -0.417. The molecule has 0 aliphatic carbocycles. The van der Waals surface area contributed by atoms with Crippen molar-refractivity contribution in [3.05, 3.63) is 52.7 Å². The molecule has 0 saturated heterocycles.